The molecule has 3 aromatic rings. The Morgan fingerprint density at radius 1 is 1.15 bits per heavy atom. The van der Waals surface area contributed by atoms with E-state index in [1.54, 1.807) is 36.0 Å². The lowest BCUT2D eigenvalue weighted by Crippen LogP contribution is -2.46. The maximum atomic E-state index is 13.2. The van der Waals surface area contributed by atoms with Crippen LogP contribution in [0.4, 0.5) is 4.79 Å². The van der Waals surface area contributed by atoms with Crippen molar-refractivity contribution in [2.75, 3.05) is 26.8 Å². The molecule has 2 aromatic heterocycles. The minimum absolute atomic E-state index is 0.0737. The number of hydrogen-bond donors (Lipinski definition) is 1. The quantitative estimate of drug-likeness (QED) is 0.615. The summed E-state index contributed by atoms with van der Waals surface area (Å²) in [5.41, 5.74) is 2.26. The number of nitrogens with one attached hydrogen (secondary N) is 1. The Morgan fingerprint density at radius 2 is 1.91 bits per heavy atom. The number of piperidine rings is 1. The van der Waals surface area contributed by atoms with Gasteiger partial charge < -0.3 is 19.7 Å². The Bertz CT molecular complexity index is 1110. The van der Waals surface area contributed by atoms with Gasteiger partial charge in [-0.2, -0.15) is 0 Å². The summed E-state index contributed by atoms with van der Waals surface area (Å²) in [6.07, 6.45) is 4.28. The first-order chi connectivity index (χ1) is 16.1. The molecule has 10 heteroatoms. The molecule has 33 heavy (non-hydrogen) atoms. The van der Waals surface area contributed by atoms with E-state index >= 15 is 0 Å². The molecular formula is C23H26N6O4. The van der Waals surface area contributed by atoms with Crippen LogP contribution in [0.3, 0.4) is 0 Å². The Labute approximate surface area is 191 Å². The van der Waals surface area contributed by atoms with Crippen molar-refractivity contribution < 1.29 is 19.1 Å². The van der Waals surface area contributed by atoms with Crippen molar-refractivity contribution in [3.63, 3.8) is 0 Å². The maximum Gasteiger partial charge on any atom is 0.409 e. The third-order valence-electron chi connectivity index (χ3n) is 5.49. The van der Waals surface area contributed by atoms with Gasteiger partial charge in [-0.05, 0) is 44.0 Å². The van der Waals surface area contributed by atoms with E-state index in [4.69, 9.17) is 9.47 Å². The molecule has 1 aromatic carbocycles. The van der Waals surface area contributed by atoms with Crippen molar-refractivity contribution in [2.24, 2.45) is 0 Å². The molecule has 1 fully saturated rings. The predicted octanol–water partition coefficient (Wildman–Crippen LogP) is 2.69. The molecule has 0 radical (unpaired) electrons. The smallest absolute Gasteiger partial charge is 0.409 e. The number of rotatable bonds is 6. The lowest BCUT2D eigenvalue weighted by molar-refractivity contribution is 0.0857. The van der Waals surface area contributed by atoms with Gasteiger partial charge in [0.25, 0.3) is 5.91 Å². The summed E-state index contributed by atoms with van der Waals surface area (Å²) in [6.45, 7) is 3.18. The first-order valence-corrected chi connectivity index (χ1v) is 10.8. The van der Waals surface area contributed by atoms with E-state index in [2.05, 4.69) is 20.6 Å². The molecule has 172 valence electrons. The van der Waals surface area contributed by atoms with Gasteiger partial charge in [0.05, 0.1) is 19.4 Å². The number of aromatic nitrogens is 4. The zero-order valence-electron chi connectivity index (χ0n) is 18.6. The highest BCUT2D eigenvalue weighted by Crippen LogP contribution is 2.27. The van der Waals surface area contributed by atoms with Gasteiger partial charge in [0.1, 0.15) is 11.4 Å². The number of nitrogens with zero attached hydrogens (tertiary/aromatic N) is 5. The van der Waals surface area contributed by atoms with Crippen molar-refractivity contribution >= 4 is 12.0 Å². The number of carbonyl (C=O) groups excluding carboxylic acids is 2. The predicted molar refractivity (Wildman–Crippen MR) is 120 cm³/mol. The van der Waals surface area contributed by atoms with E-state index in [1.807, 2.05) is 36.4 Å². The van der Waals surface area contributed by atoms with Crippen LogP contribution >= 0.6 is 0 Å². The minimum atomic E-state index is -0.316. The minimum Gasteiger partial charge on any atom is -0.497 e. The summed E-state index contributed by atoms with van der Waals surface area (Å²) >= 11 is 0. The van der Waals surface area contributed by atoms with Crippen LogP contribution in [-0.4, -0.2) is 69.7 Å². The van der Waals surface area contributed by atoms with Crippen molar-refractivity contribution in [1.82, 2.24) is 30.2 Å². The average molecular weight is 450 g/mol. The number of methoxy groups -OCH3 is 1. The molecule has 4 rings (SSSR count). The monoisotopic (exact) mass is 450 g/mol. The number of ether oxygens (including phenoxy) is 2. The van der Waals surface area contributed by atoms with Crippen LogP contribution in [0.25, 0.3) is 16.9 Å². The van der Waals surface area contributed by atoms with Gasteiger partial charge in [-0.1, -0.05) is 11.3 Å². The van der Waals surface area contributed by atoms with Crippen LogP contribution in [0.5, 0.6) is 5.75 Å². The van der Waals surface area contributed by atoms with E-state index < -0.39 is 0 Å². The molecule has 0 unspecified atom stereocenters. The van der Waals surface area contributed by atoms with Gasteiger partial charge in [-0.15, -0.1) is 5.10 Å². The second kappa shape index (κ2) is 10.1. The molecule has 1 aliphatic heterocycles. The molecule has 0 bridgehead atoms. The summed E-state index contributed by atoms with van der Waals surface area (Å²) in [5.74, 6) is 0.355. The van der Waals surface area contributed by atoms with Crippen LogP contribution < -0.4 is 10.1 Å². The molecule has 0 atom stereocenters. The van der Waals surface area contributed by atoms with E-state index in [0.717, 1.165) is 11.3 Å². The third-order valence-corrected chi connectivity index (χ3v) is 5.49. The summed E-state index contributed by atoms with van der Waals surface area (Å²) in [7, 11) is 1.59. The highest BCUT2D eigenvalue weighted by molar-refractivity contribution is 5.98. The number of carbonyl (C=O) groups is 2. The molecule has 0 spiro atoms. The van der Waals surface area contributed by atoms with Crippen molar-refractivity contribution in [2.45, 2.75) is 25.8 Å². The fourth-order valence-electron chi connectivity index (χ4n) is 3.80. The Balaban J connectivity index is 1.57. The van der Waals surface area contributed by atoms with Gasteiger partial charge in [0, 0.05) is 43.2 Å². The zero-order chi connectivity index (χ0) is 23.2. The van der Waals surface area contributed by atoms with Gasteiger partial charge in [-0.3, -0.25) is 9.78 Å². The molecule has 2 amide bonds. The fourth-order valence-corrected chi connectivity index (χ4v) is 3.80. The second-order valence-corrected chi connectivity index (χ2v) is 7.57. The number of benzene rings is 1. The summed E-state index contributed by atoms with van der Waals surface area (Å²) in [4.78, 5) is 30.9. The average Bonchev–Trinajstić information content (AvgIpc) is 3.31. The van der Waals surface area contributed by atoms with Crippen LogP contribution in [-0.2, 0) is 4.74 Å². The molecule has 0 saturated carbocycles. The van der Waals surface area contributed by atoms with Crippen molar-refractivity contribution in [3.8, 4) is 22.7 Å². The fraction of sp³-hybridized carbons (Fsp3) is 0.348. The SMILES string of the molecule is CCOC(=O)N1CCC(NC(=O)c2nnn(-c3cccc(OC)c3)c2-c2ccncc2)CC1. The van der Waals surface area contributed by atoms with E-state index in [0.29, 0.717) is 44.0 Å². The Kier molecular flexibility index (Phi) is 6.82. The van der Waals surface area contributed by atoms with Crippen LogP contribution in [0.2, 0.25) is 0 Å². The number of likely N-dealkylation sites (tertiary alicyclic amines) is 1. The lowest BCUT2D eigenvalue weighted by atomic mass is 10.0. The Morgan fingerprint density at radius 3 is 2.61 bits per heavy atom. The summed E-state index contributed by atoms with van der Waals surface area (Å²) in [6, 6.07) is 10.9. The highest BCUT2D eigenvalue weighted by atomic mass is 16.6. The first-order valence-electron chi connectivity index (χ1n) is 10.8. The Hall–Kier alpha value is -3.95. The van der Waals surface area contributed by atoms with Gasteiger partial charge in [-0.25, -0.2) is 9.48 Å². The molecular weight excluding hydrogens is 424 g/mol. The molecule has 10 nitrogen and oxygen atoms in total. The van der Waals surface area contributed by atoms with Crippen molar-refractivity contribution in [1.29, 1.82) is 0 Å². The summed E-state index contributed by atoms with van der Waals surface area (Å²) < 4.78 is 12.0. The van der Waals surface area contributed by atoms with Crippen LogP contribution in [0, 0.1) is 0 Å². The topological polar surface area (TPSA) is 111 Å². The molecule has 1 saturated heterocycles. The number of hydrogen-bond acceptors (Lipinski definition) is 7. The third kappa shape index (κ3) is 4.94. The molecule has 1 N–H and O–H groups in total. The van der Waals surface area contributed by atoms with E-state index in [9.17, 15) is 9.59 Å². The number of pyridine rings is 1. The van der Waals surface area contributed by atoms with Crippen molar-refractivity contribution in [3.05, 3.63) is 54.5 Å². The molecule has 3 heterocycles. The maximum absolute atomic E-state index is 13.2. The standard InChI is InChI=1S/C23H26N6O4/c1-3-33-23(31)28-13-9-17(10-14-28)25-22(30)20-21(16-7-11-24-12-8-16)29(27-26-20)18-5-4-6-19(15-18)32-2/h4-8,11-12,15,17H,3,9-10,13-14H2,1-2H3,(H,25,30). The lowest BCUT2D eigenvalue weighted by Gasteiger charge is -2.31. The normalized spacial score (nSPS) is 14.1. The van der Waals surface area contributed by atoms with E-state index in [-0.39, 0.29) is 23.7 Å². The largest absolute Gasteiger partial charge is 0.497 e. The highest BCUT2D eigenvalue weighted by Gasteiger charge is 2.28. The van der Waals surface area contributed by atoms with Gasteiger partial charge in [0.15, 0.2) is 5.69 Å². The molecule has 0 aliphatic carbocycles. The van der Waals surface area contributed by atoms with Crippen LogP contribution in [0.15, 0.2) is 48.8 Å². The van der Waals surface area contributed by atoms with E-state index in [1.165, 1.54) is 0 Å². The zero-order valence-corrected chi connectivity index (χ0v) is 18.6. The first kappa shape index (κ1) is 22.3. The van der Waals surface area contributed by atoms with Crippen LogP contribution in [0.1, 0.15) is 30.3 Å². The molecule has 1 aliphatic rings. The summed E-state index contributed by atoms with van der Waals surface area (Å²) in [5, 5.41) is 11.5. The van der Waals surface area contributed by atoms with Gasteiger partial charge in [0.2, 0.25) is 0 Å². The van der Waals surface area contributed by atoms with Gasteiger partial charge >= 0.3 is 6.09 Å². The number of amides is 2. The second-order valence-electron chi connectivity index (χ2n) is 7.57.